The number of hydrogen-bond donors (Lipinski definition) is 1. The second-order valence-corrected chi connectivity index (χ2v) is 14.0. The molecule has 1 N–H and O–H groups in total. The zero-order valence-electron chi connectivity index (χ0n) is 24.7. The van der Waals surface area contributed by atoms with Crippen LogP contribution in [-0.4, -0.2) is 45.3 Å². The molecule has 0 atom stereocenters. The van der Waals surface area contributed by atoms with Crippen LogP contribution in [0.15, 0.2) is 48.5 Å². The number of imidazole rings is 1. The minimum atomic E-state index is -2.97. The van der Waals surface area contributed by atoms with Gasteiger partial charge >= 0.3 is 12.6 Å². The number of anilines is 1. The highest BCUT2D eigenvalue weighted by molar-refractivity contribution is 7.20. The average Bonchev–Trinajstić information content (AvgIpc) is 3.50. The summed E-state index contributed by atoms with van der Waals surface area (Å²) in [6, 6.07) is 14.1. The number of hydrogen-bond acceptors (Lipinski definition) is 8. The lowest BCUT2D eigenvalue weighted by molar-refractivity contribution is -0.0508. The van der Waals surface area contributed by atoms with E-state index >= 15 is 0 Å². The highest BCUT2D eigenvalue weighted by Gasteiger charge is 2.47. The lowest BCUT2D eigenvalue weighted by Gasteiger charge is -2.52. The molecule has 238 valence electrons. The predicted octanol–water partition coefficient (Wildman–Crippen LogP) is 7.79. The summed E-state index contributed by atoms with van der Waals surface area (Å²) < 4.78 is 38.3. The highest BCUT2D eigenvalue weighted by atomic mass is 35.5. The minimum Gasteiger partial charge on any atom is -0.477 e. The summed E-state index contributed by atoms with van der Waals surface area (Å²) in [5, 5.41) is 19.2. The molecule has 13 heteroatoms. The van der Waals surface area contributed by atoms with Crippen LogP contribution in [-0.2, 0) is 13.2 Å². The summed E-state index contributed by atoms with van der Waals surface area (Å²) >= 11 is 7.14. The van der Waals surface area contributed by atoms with E-state index in [1.807, 2.05) is 12.1 Å². The first-order chi connectivity index (χ1) is 22.1. The fourth-order valence-electron chi connectivity index (χ4n) is 6.53. The standard InChI is InChI=1S/C33H30ClF2N5O4S/c34-22-5-4-21(25(14-22)45-30(35)36)16-44-27-3-1-2-23(38-27)20-6-8-33(9-7-20)17-40(18-33)31-39-28-24(15-26(46-28)29(42)43)41(31)19-32(10-11-32)12-13-37/h1-6,14-15,30H,7-12,16-19H2,(H,42,43). The van der Waals surface area contributed by atoms with Crippen molar-refractivity contribution in [2.75, 3.05) is 18.0 Å². The molecule has 2 fully saturated rings. The number of carboxylic acids is 1. The summed E-state index contributed by atoms with van der Waals surface area (Å²) in [6.45, 7) is -0.621. The van der Waals surface area contributed by atoms with Crippen molar-refractivity contribution < 1.29 is 28.2 Å². The Morgan fingerprint density at radius 3 is 2.70 bits per heavy atom. The number of halogens is 3. The van der Waals surface area contributed by atoms with E-state index in [9.17, 15) is 23.9 Å². The molecule has 2 aliphatic carbocycles. The Morgan fingerprint density at radius 1 is 1.17 bits per heavy atom. The number of carboxylic acid groups (broad SMARTS) is 1. The van der Waals surface area contributed by atoms with Crippen molar-refractivity contribution in [2.24, 2.45) is 10.8 Å². The van der Waals surface area contributed by atoms with Crippen LogP contribution >= 0.6 is 22.9 Å². The van der Waals surface area contributed by atoms with E-state index in [2.05, 4.69) is 31.3 Å². The van der Waals surface area contributed by atoms with Gasteiger partial charge < -0.3 is 24.0 Å². The van der Waals surface area contributed by atoms with Crippen molar-refractivity contribution in [3.05, 3.63) is 69.7 Å². The van der Waals surface area contributed by atoms with Crippen molar-refractivity contribution in [3.8, 4) is 17.7 Å². The van der Waals surface area contributed by atoms with Crippen LogP contribution in [0.5, 0.6) is 11.6 Å². The Balaban J connectivity index is 1.03. The molecular formula is C33H30ClF2N5O4S. The second-order valence-electron chi connectivity index (χ2n) is 12.5. The SMILES string of the molecule is N#CCC1(Cn2c(N3CC4(CC=C(c5cccc(OCc6ccc(Cl)cc6OC(F)F)n5)CC4)C3)nc3sc(C(=O)O)cc32)CC1. The fraction of sp³-hybridized carbons (Fsp3) is 0.394. The van der Waals surface area contributed by atoms with Crippen LogP contribution in [0.3, 0.4) is 0 Å². The number of nitriles is 1. The van der Waals surface area contributed by atoms with E-state index in [-0.39, 0.29) is 33.1 Å². The maximum absolute atomic E-state index is 12.9. The van der Waals surface area contributed by atoms with Gasteiger partial charge in [-0.1, -0.05) is 29.8 Å². The topological polar surface area (TPSA) is 114 Å². The summed E-state index contributed by atoms with van der Waals surface area (Å²) in [5.41, 5.74) is 3.28. The Bertz CT molecular complexity index is 1890. The van der Waals surface area contributed by atoms with E-state index in [1.54, 1.807) is 24.3 Å². The van der Waals surface area contributed by atoms with E-state index in [4.69, 9.17) is 21.3 Å². The molecule has 0 amide bonds. The monoisotopic (exact) mass is 665 g/mol. The molecular weight excluding hydrogens is 636 g/mol. The number of aromatic nitrogens is 3. The van der Waals surface area contributed by atoms with E-state index < -0.39 is 12.6 Å². The van der Waals surface area contributed by atoms with Gasteiger partial charge in [-0.05, 0) is 61.9 Å². The van der Waals surface area contributed by atoms with Crippen LogP contribution in [0.1, 0.15) is 59.5 Å². The van der Waals surface area contributed by atoms with Crippen LogP contribution < -0.4 is 14.4 Å². The molecule has 46 heavy (non-hydrogen) atoms. The van der Waals surface area contributed by atoms with Crippen molar-refractivity contribution in [2.45, 2.75) is 58.3 Å². The number of ether oxygens (including phenoxy) is 2. The number of fused-ring (bicyclic) bond motifs is 1. The number of thiophene rings is 1. The summed E-state index contributed by atoms with van der Waals surface area (Å²) in [7, 11) is 0. The molecule has 1 saturated carbocycles. The molecule has 1 aliphatic heterocycles. The van der Waals surface area contributed by atoms with E-state index in [0.29, 0.717) is 29.2 Å². The number of benzene rings is 1. The zero-order valence-corrected chi connectivity index (χ0v) is 26.3. The Morgan fingerprint density at radius 2 is 2.00 bits per heavy atom. The van der Waals surface area contributed by atoms with Gasteiger partial charge in [0.2, 0.25) is 11.8 Å². The third-order valence-electron chi connectivity index (χ3n) is 9.26. The van der Waals surface area contributed by atoms with E-state index in [1.165, 1.54) is 17.4 Å². The Labute approximate surface area is 272 Å². The van der Waals surface area contributed by atoms with Gasteiger partial charge in [0, 0.05) is 53.5 Å². The predicted molar refractivity (Wildman–Crippen MR) is 170 cm³/mol. The van der Waals surface area contributed by atoms with Crippen LogP contribution in [0.4, 0.5) is 14.7 Å². The summed E-state index contributed by atoms with van der Waals surface area (Å²) in [4.78, 5) is 24.5. The van der Waals surface area contributed by atoms with Gasteiger partial charge in [0.25, 0.3) is 0 Å². The Hall–Kier alpha value is -4.21. The van der Waals surface area contributed by atoms with Gasteiger partial charge in [-0.3, -0.25) is 0 Å². The summed E-state index contributed by atoms with van der Waals surface area (Å²) in [5.74, 6) is 0.255. The van der Waals surface area contributed by atoms with Crippen molar-refractivity contribution >= 4 is 50.8 Å². The molecule has 1 spiro atoms. The minimum absolute atomic E-state index is 0.00356. The number of carbonyl (C=O) groups is 1. The highest BCUT2D eigenvalue weighted by Crippen LogP contribution is 2.52. The molecule has 3 aromatic heterocycles. The molecule has 4 aromatic rings. The molecule has 1 saturated heterocycles. The van der Waals surface area contributed by atoms with Gasteiger partial charge in [0.1, 0.15) is 22.1 Å². The smallest absolute Gasteiger partial charge is 0.387 e. The van der Waals surface area contributed by atoms with Crippen molar-refractivity contribution in [1.29, 1.82) is 5.26 Å². The largest absolute Gasteiger partial charge is 0.477 e. The van der Waals surface area contributed by atoms with Crippen molar-refractivity contribution in [3.63, 3.8) is 0 Å². The lowest BCUT2D eigenvalue weighted by atomic mass is 9.69. The van der Waals surface area contributed by atoms with Crippen LogP contribution in [0.2, 0.25) is 5.02 Å². The molecule has 9 nitrogen and oxygen atoms in total. The molecule has 0 bridgehead atoms. The third kappa shape index (κ3) is 6.01. The van der Waals surface area contributed by atoms with Gasteiger partial charge in [-0.2, -0.15) is 14.0 Å². The van der Waals surface area contributed by atoms with Crippen molar-refractivity contribution in [1.82, 2.24) is 14.5 Å². The van der Waals surface area contributed by atoms with Gasteiger partial charge in [0.15, 0.2) is 0 Å². The molecule has 0 radical (unpaired) electrons. The quantitative estimate of drug-likeness (QED) is 0.173. The normalized spacial score (nSPS) is 17.9. The van der Waals surface area contributed by atoms with Gasteiger partial charge in [-0.15, -0.1) is 11.3 Å². The van der Waals surface area contributed by atoms with Gasteiger partial charge in [-0.25, -0.2) is 14.8 Å². The zero-order chi connectivity index (χ0) is 32.1. The number of nitrogens with zero attached hydrogens (tertiary/aromatic N) is 5. The maximum Gasteiger partial charge on any atom is 0.387 e. The number of rotatable bonds is 11. The first-order valence-corrected chi connectivity index (χ1v) is 16.2. The molecule has 1 aromatic carbocycles. The number of alkyl halides is 2. The first-order valence-electron chi connectivity index (χ1n) is 15.0. The summed E-state index contributed by atoms with van der Waals surface area (Å²) in [6.07, 6.45) is 7.43. The third-order valence-corrected chi connectivity index (χ3v) is 10.5. The average molecular weight is 666 g/mol. The number of aromatic carboxylic acids is 1. The second kappa shape index (κ2) is 11.9. The van der Waals surface area contributed by atoms with Crippen LogP contribution in [0.25, 0.3) is 15.9 Å². The number of allylic oxidation sites excluding steroid dienone is 2. The maximum atomic E-state index is 12.9. The Kier molecular flexibility index (Phi) is 7.85. The molecule has 3 aliphatic rings. The lowest BCUT2D eigenvalue weighted by Crippen LogP contribution is -2.57. The first kappa shape index (κ1) is 30.4. The van der Waals surface area contributed by atoms with Gasteiger partial charge in [0.05, 0.1) is 17.3 Å². The molecule has 4 heterocycles. The molecule has 0 unspecified atom stereocenters. The number of pyridine rings is 1. The molecule has 7 rings (SSSR count). The van der Waals surface area contributed by atoms with E-state index in [0.717, 1.165) is 67.9 Å². The van der Waals surface area contributed by atoms with Crippen LogP contribution in [0, 0.1) is 22.2 Å². The fourth-order valence-corrected chi connectivity index (χ4v) is 7.55.